The number of benzene rings is 1. The van der Waals surface area contributed by atoms with Gasteiger partial charge in [0.1, 0.15) is 0 Å². The summed E-state index contributed by atoms with van der Waals surface area (Å²) in [5.41, 5.74) is 1.88. The summed E-state index contributed by atoms with van der Waals surface area (Å²) in [6.45, 7) is 6.72. The molecule has 18 heavy (non-hydrogen) atoms. The van der Waals surface area contributed by atoms with Crippen molar-refractivity contribution in [1.29, 1.82) is 5.26 Å². The average molecular weight is 245 g/mol. The molecule has 4 heteroatoms. The van der Waals surface area contributed by atoms with Crippen molar-refractivity contribution in [3.8, 4) is 6.07 Å². The Labute approximate surface area is 108 Å². The lowest BCUT2D eigenvalue weighted by Crippen LogP contribution is -2.37. The first kappa shape index (κ1) is 14.0. The highest BCUT2D eigenvalue weighted by Gasteiger charge is 2.14. The van der Waals surface area contributed by atoms with Crippen LogP contribution in [0.2, 0.25) is 0 Å². The molecule has 1 unspecified atom stereocenters. The van der Waals surface area contributed by atoms with Gasteiger partial charge in [0, 0.05) is 18.8 Å². The lowest BCUT2D eigenvalue weighted by atomic mass is 10.2. The Kier molecular flexibility index (Phi) is 5.19. The first-order chi connectivity index (χ1) is 8.56. The number of nitrogens with one attached hydrogen (secondary N) is 1. The topological polar surface area (TPSA) is 56.1 Å². The Bertz CT molecular complexity index is 451. The van der Waals surface area contributed by atoms with Crippen LogP contribution in [0.25, 0.3) is 0 Å². The molecule has 0 saturated heterocycles. The third-order valence-corrected chi connectivity index (χ3v) is 2.65. The predicted octanol–water partition coefficient (Wildman–Crippen LogP) is 3.01. The molecule has 0 aliphatic rings. The largest absolute Gasteiger partial charge is 0.324 e. The second-order valence-corrected chi connectivity index (χ2v) is 4.37. The number of urea groups is 1. The second-order valence-electron chi connectivity index (χ2n) is 4.37. The molecule has 4 nitrogen and oxygen atoms in total. The molecule has 0 radical (unpaired) electrons. The molecule has 1 rings (SSSR count). The van der Waals surface area contributed by atoms with Crippen LogP contribution in [-0.2, 0) is 0 Å². The Morgan fingerprint density at radius 3 is 2.83 bits per heavy atom. The highest BCUT2D eigenvalue weighted by Crippen LogP contribution is 2.11. The molecule has 2 amide bonds. The van der Waals surface area contributed by atoms with E-state index < -0.39 is 0 Å². The third-order valence-electron chi connectivity index (χ3n) is 2.65. The Balaban J connectivity index is 2.66. The molecule has 0 fully saturated rings. The molecule has 0 saturated carbocycles. The summed E-state index contributed by atoms with van der Waals surface area (Å²) < 4.78 is 0. The number of rotatable bonds is 4. The van der Waals surface area contributed by atoms with Gasteiger partial charge in [-0.3, -0.25) is 0 Å². The minimum atomic E-state index is -0.162. The van der Waals surface area contributed by atoms with Gasteiger partial charge in [0.25, 0.3) is 0 Å². The maximum Gasteiger partial charge on any atom is 0.321 e. The van der Waals surface area contributed by atoms with Crippen LogP contribution in [0.4, 0.5) is 10.5 Å². The van der Waals surface area contributed by atoms with Crippen LogP contribution in [0.3, 0.4) is 0 Å². The van der Waals surface area contributed by atoms with Crippen LogP contribution in [0, 0.1) is 24.2 Å². The number of hydrogen-bond donors (Lipinski definition) is 1. The van der Waals surface area contributed by atoms with E-state index in [1.807, 2.05) is 45.0 Å². The molecule has 0 aliphatic carbocycles. The number of carbonyl (C=O) groups is 1. The number of amides is 2. The van der Waals surface area contributed by atoms with E-state index in [2.05, 4.69) is 11.4 Å². The van der Waals surface area contributed by atoms with Crippen molar-refractivity contribution in [1.82, 2.24) is 4.90 Å². The van der Waals surface area contributed by atoms with Gasteiger partial charge in [0.15, 0.2) is 0 Å². The van der Waals surface area contributed by atoms with E-state index in [0.29, 0.717) is 13.1 Å². The first-order valence-electron chi connectivity index (χ1n) is 6.09. The zero-order chi connectivity index (χ0) is 13.5. The lowest BCUT2D eigenvalue weighted by Gasteiger charge is -2.22. The maximum absolute atomic E-state index is 12.0. The molecule has 0 aromatic heterocycles. The van der Waals surface area contributed by atoms with Crippen LogP contribution in [-0.4, -0.2) is 24.0 Å². The average Bonchev–Trinajstić information content (AvgIpc) is 2.35. The fourth-order valence-electron chi connectivity index (χ4n) is 1.65. The van der Waals surface area contributed by atoms with Crippen molar-refractivity contribution in [2.75, 3.05) is 18.4 Å². The lowest BCUT2D eigenvalue weighted by molar-refractivity contribution is 0.210. The van der Waals surface area contributed by atoms with E-state index in [0.717, 1.165) is 11.3 Å². The molecular formula is C14H19N3O. The van der Waals surface area contributed by atoms with Gasteiger partial charge in [-0.05, 0) is 38.5 Å². The van der Waals surface area contributed by atoms with Crippen molar-refractivity contribution in [2.24, 2.45) is 5.92 Å². The van der Waals surface area contributed by atoms with E-state index in [-0.39, 0.29) is 11.9 Å². The number of nitriles is 1. The summed E-state index contributed by atoms with van der Waals surface area (Å²) in [6, 6.07) is 9.62. The van der Waals surface area contributed by atoms with Crippen molar-refractivity contribution < 1.29 is 4.79 Å². The zero-order valence-electron chi connectivity index (χ0n) is 11.1. The Hall–Kier alpha value is -2.02. The molecule has 1 N–H and O–H groups in total. The highest BCUT2D eigenvalue weighted by atomic mass is 16.2. The molecule has 1 atom stereocenters. The van der Waals surface area contributed by atoms with Gasteiger partial charge in [-0.15, -0.1) is 0 Å². The normalized spacial score (nSPS) is 11.4. The summed E-state index contributed by atoms with van der Waals surface area (Å²) in [5, 5.41) is 11.6. The molecule has 96 valence electrons. The maximum atomic E-state index is 12.0. The number of aryl methyl sites for hydroxylation is 1. The molecule has 0 heterocycles. The summed E-state index contributed by atoms with van der Waals surface area (Å²) in [7, 11) is 0. The van der Waals surface area contributed by atoms with Crippen molar-refractivity contribution in [2.45, 2.75) is 20.8 Å². The minimum absolute atomic E-state index is 0.159. The Morgan fingerprint density at radius 2 is 2.28 bits per heavy atom. The summed E-state index contributed by atoms with van der Waals surface area (Å²) >= 11 is 0. The minimum Gasteiger partial charge on any atom is -0.324 e. The zero-order valence-corrected chi connectivity index (χ0v) is 11.1. The van der Waals surface area contributed by atoms with Crippen molar-refractivity contribution in [3.63, 3.8) is 0 Å². The molecule has 0 bridgehead atoms. The molecule has 0 spiro atoms. The quantitative estimate of drug-likeness (QED) is 0.886. The highest BCUT2D eigenvalue weighted by molar-refractivity contribution is 5.89. The van der Waals surface area contributed by atoms with E-state index in [1.165, 1.54) is 0 Å². The monoisotopic (exact) mass is 245 g/mol. The summed E-state index contributed by atoms with van der Waals surface area (Å²) in [5.74, 6) is -0.159. The van der Waals surface area contributed by atoms with Gasteiger partial charge in [0.2, 0.25) is 0 Å². The summed E-state index contributed by atoms with van der Waals surface area (Å²) in [6.07, 6.45) is 0. The van der Waals surface area contributed by atoms with Crippen LogP contribution >= 0.6 is 0 Å². The Morgan fingerprint density at radius 1 is 1.56 bits per heavy atom. The van der Waals surface area contributed by atoms with Gasteiger partial charge in [-0.1, -0.05) is 12.1 Å². The van der Waals surface area contributed by atoms with Gasteiger partial charge < -0.3 is 10.2 Å². The van der Waals surface area contributed by atoms with Crippen LogP contribution < -0.4 is 5.32 Å². The SMILES string of the molecule is CCN(CC(C)C#N)C(=O)Nc1cccc(C)c1. The first-order valence-corrected chi connectivity index (χ1v) is 6.09. The number of nitrogens with zero attached hydrogens (tertiary/aromatic N) is 2. The fourth-order valence-corrected chi connectivity index (χ4v) is 1.65. The molecule has 1 aromatic carbocycles. The van der Waals surface area contributed by atoms with Gasteiger partial charge >= 0.3 is 6.03 Å². The van der Waals surface area contributed by atoms with Crippen LogP contribution in [0.1, 0.15) is 19.4 Å². The van der Waals surface area contributed by atoms with Gasteiger partial charge in [-0.2, -0.15) is 5.26 Å². The van der Waals surface area contributed by atoms with E-state index >= 15 is 0 Å². The van der Waals surface area contributed by atoms with Crippen molar-refractivity contribution in [3.05, 3.63) is 29.8 Å². The fraction of sp³-hybridized carbons (Fsp3) is 0.429. The second kappa shape index (κ2) is 6.65. The number of hydrogen-bond acceptors (Lipinski definition) is 2. The third kappa shape index (κ3) is 4.10. The van der Waals surface area contributed by atoms with E-state index in [9.17, 15) is 4.79 Å². The van der Waals surface area contributed by atoms with Crippen LogP contribution in [0.15, 0.2) is 24.3 Å². The van der Waals surface area contributed by atoms with Gasteiger partial charge in [0.05, 0.1) is 12.0 Å². The van der Waals surface area contributed by atoms with E-state index in [1.54, 1.807) is 4.90 Å². The van der Waals surface area contributed by atoms with Crippen LogP contribution in [0.5, 0.6) is 0 Å². The van der Waals surface area contributed by atoms with E-state index in [4.69, 9.17) is 5.26 Å². The molecular weight excluding hydrogens is 226 g/mol. The number of anilines is 1. The van der Waals surface area contributed by atoms with Gasteiger partial charge in [-0.25, -0.2) is 4.79 Å². The predicted molar refractivity (Wildman–Crippen MR) is 72.2 cm³/mol. The van der Waals surface area contributed by atoms with Crippen molar-refractivity contribution >= 4 is 11.7 Å². The molecule has 1 aromatic rings. The standard InChI is InChI=1S/C14H19N3O/c1-4-17(10-12(3)9-15)14(18)16-13-7-5-6-11(2)8-13/h5-8,12H,4,10H2,1-3H3,(H,16,18). The summed E-state index contributed by atoms with van der Waals surface area (Å²) in [4.78, 5) is 13.6. The smallest absolute Gasteiger partial charge is 0.321 e. The number of carbonyl (C=O) groups excluding carboxylic acids is 1. The molecule has 0 aliphatic heterocycles.